The third-order valence-electron chi connectivity index (χ3n) is 7.16. The van der Waals surface area contributed by atoms with E-state index in [0.717, 1.165) is 24.7 Å². The standard InChI is InChI=1S/C27H24F4N8O2/c1-4-37-12-19(27(29,30)31)34-24(37)17-8-7-16(11-18(17)28)14(2)39-20(40)9-10-38-26(39)35-23(36-38)21-22(15-5-6-15)32-13-33-25(21)41-3/h7-15H,4-6H2,1-3H3. The van der Waals surface area contributed by atoms with E-state index >= 15 is 4.39 Å². The molecule has 0 amide bonds. The zero-order chi connectivity index (χ0) is 29.1. The molecule has 4 aromatic heterocycles. The van der Waals surface area contributed by atoms with Crippen molar-refractivity contribution in [2.45, 2.75) is 51.4 Å². The van der Waals surface area contributed by atoms with Crippen molar-refractivity contribution in [1.29, 1.82) is 0 Å². The molecule has 0 radical (unpaired) electrons. The number of alkyl halides is 3. The summed E-state index contributed by atoms with van der Waals surface area (Å²) in [4.78, 5) is 30.0. The maximum atomic E-state index is 15.4. The van der Waals surface area contributed by atoms with Gasteiger partial charge in [0.15, 0.2) is 11.5 Å². The largest absolute Gasteiger partial charge is 0.480 e. The van der Waals surface area contributed by atoms with Crippen LogP contribution in [0, 0.1) is 5.82 Å². The van der Waals surface area contributed by atoms with Crippen molar-refractivity contribution in [2.75, 3.05) is 7.11 Å². The molecule has 14 heteroatoms. The van der Waals surface area contributed by atoms with Crippen LogP contribution in [0.4, 0.5) is 17.6 Å². The zero-order valence-electron chi connectivity index (χ0n) is 22.2. The number of hydrogen-bond donors (Lipinski definition) is 0. The number of halogens is 4. The first kappa shape index (κ1) is 26.6. The van der Waals surface area contributed by atoms with Gasteiger partial charge in [0.2, 0.25) is 11.7 Å². The number of aromatic nitrogens is 8. The van der Waals surface area contributed by atoms with E-state index in [2.05, 4.69) is 25.0 Å². The van der Waals surface area contributed by atoms with Gasteiger partial charge in [0.1, 0.15) is 23.5 Å². The molecule has 0 saturated heterocycles. The van der Waals surface area contributed by atoms with Crippen LogP contribution in [0.2, 0.25) is 0 Å². The first-order chi connectivity index (χ1) is 19.6. The Morgan fingerprint density at radius 2 is 1.93 bits per heavy atom. The van der Waals surface area contributed by atoms with Crippen molar-refractivity contribution in [3.05, 3.63) is 76.1 Å². The number of ether oxygens (including phenoxy) is 1. The minimum Gasteiger partial charge on any atom is -0.480 e. The second-order valence-electron chi connectivity index (χ2n) is 9.77. The Morgan fingerprint density at radius 1 is 1.15 bits per heavy atom. The Morgan fingerprint density at radius 3 is 2.59 bits per heavy atom. The van der Waals surface area contributed by atoms with Crippen LogP contribution in [0.15, 0.2) is 47.8 Å². The first-order valence-electron chi connectivity index (χ1n) is 12.9. The van der Waals surface area contributed by atoms with E-state index in [-0.39, 0.29) is 35.5 Å². The molecule has 41 heavy (non-hydrogen) atoms. The maximum Gasteiger partial charge on any atom is 0.434 e. The highest BCUT2D eigenvalue weighted by atomic mass is 19.4. The van der Waals surface area contributed by atoms with E-state index in [1.54, 1.807) is 19.9 Å². The van der Waals surface area contributed by atoms with Crippen LogP contribution in [-0.4, -0.2) is 45.8 Å². The van der Waals surface area contributed by atoms with Crippen LogP contribution in [0.3, 0.4) is 0 Å². The van der Waals surface area contributed by atoms with E-state index < -0.39 is 29.3 Å². The molecular formula is C27H24F4N8O2. The fourth-order valence-corrected chi connectivity index (χ4v) is 4.91. The second kappa shape index (κ2) is 9.78. The van der Waals surface area contributed by atoms with Gasteiger partial charge in [-0.3, -0.25) is 9.36 Å². The molecule has 1 atom stereocenters. The zero-order valence-corrected chi connectivity index (χ0v) is 22.2. The second-order valence-corrected chi connectivity index (χ2v) is 9.77. The van der Waals surface area contributed by atoms with Crippen LogP contribution in [-0.2, 0) is 12.7 Å². The van der Waals surface area contributed by atoms with Gasteiger partial charge in [-0.1, -0.05) is 6.07 Å². The molecule has 5 aromatic rings. The summed E-state index contributed by atoms with van der Waals surface area (Å²) in [6, 6.07) is 4.72. The van der Waals surface area contributed by atoms with Gasteiger partial charge in [0.05, 0.1) is 24.4 Å². The van der Waals surface area contributed by atoms with E-state index in [4.69, 9.17) is 4.74 Å². The van der Waals surface area contributed by atoms with Crippen molar-refractivity contribution >= 4 is 5.78 Å². The number of benzene rings is 1. The van der Waals surface area contributed by atoms with E-state index in [1.165, 1.54) is 51.5 Å². The Kier molecular flexibility index (Phi) is 6.35. The Hall–Kier alpha value is -4.62. The predicted molar refractivity (Wildman–Crippen MR) is 139 cm³/mol. The third kappa shape index (κ3) is 4.62. The van der Waals surface area contributed by atoms with E-state index in [0.29, 0.717) is 17.0 Å². The molecule has 0 spiro atoms. The van der Waals surface area contributed by atoms with Gasteiger partial charge in [-0.25, -0.2) is 23.9 Å². The molecule has 1 fully saturated rings. The minimum absolute atomic E-state index is 0.0857. The van der Waals surface area contributed by atoms with Gasteiger partial charge >= 0.3 is 6.18 Å². The summed E-state index contributed by atoms with van der Waals surface area (Å²) < 4.78 is 64.6. The van der Waals surface area contributed by atoms with Crippen molar-refractivity contribution in [3.8, 4) is 28.7 Å². The number of fused-ring (bicyclic) bond motifs is 1. The molecule has 4 heterocycles. The van der Waals surface area contributed by atoms with Crippen molar-refractivity contribution < 1.29 is 22.3 Å². The summed E-state index contributed by atoms with van der Waals surface area (Å²) in [5.74, 6) is 0.134. The Labute approximate surface area is 230 Å². The molecular weight excluding hydrogens is 544 g/mol. The lowest BCUT2D eigenvalue weighted by atomic mass is 10.0. The predicted octanol–water partition coefficient (Wildman–Crippen LogP) is 4.88. The molecule has 0 N–H and O–H groups in total. The van der Waals surface area contributed by atoms with Gasteiger partial charge in [0, 0.05) is 30.9 Å². The highest BCUT2D eigenvalue weighted by Gasteiger charge is 2.35. The van der Waals surface area contributed by atoms with E-state index in [1.807, 2.05) is 0 Å². The maximum absolute atomic E-state index is 15.4. The summed E-state index contributed by atoms with van der Waals surface area (Å²) in [6.45, 7) is 3.51. The number of imidazole rings is 1. The summed E-state index contributed by atoms with van der Waals surface area (Å²) in [5.41, 5.74) is 0.133. The van der Waals surface area contributed by atoms with Crippen molar-refractivity contribution in [3.63, 3.8) is 0 Å². The third-order valence-corrected chi connectivity index (χ3v) is 7.16. The summed E-state index contributed by atoms with van der Waals surface area (Å²) in [6.07, 6.45) is 1.05. The van der Waals surface area contributed by atoms with Crippen LogP contribution in [0.5, 0.6) is 5.88 Å². The van der Waals surface area contributed by atoms with Gasteiger partial charge in [0.25, 0.3) is 5.56 Å². The van der Waals surface area contributed by atoms with Gasteiger partial charge in [-0.2, -0.15) is 18.2 Å². The highest BCUT2D eigenvalue weighted by Crippen LogP contribution is 2.45. The van der Waals surface area contributed by atoms with Gasteiger partial charge < -0.3 is 9.30 Å². The highest BCUT2D eigenvalue weighted by molar-refractivity contribution is 5.67. The number of methoxy groups -OCH3 is 1. The monoisotopic (exact) mass is 568 g/mol. The van der Waals surface area contributed by atoms with Crippen molar-refractivity contribution in [1.82, 2.24) is 38.7 Å². The number of aryl methyl sites for hydroxylation is 1. The Bertz CT molecular complexity index is 1840. The lowest BCUT2D eigenvalue weighted by Crippen LogP contribution is -2.25. The van der Waals surface area contributed by atoms with Gasteiger partial charge in [-0.05, 0) is 44.4 Å². The molecule has 1 aromatic carbocycles. The molecule has 1 aliphatic carbocycles. The SMILES string of the molecule is CCn1cc(C(F)(F)F)nc1-c1ccc(C(C)n2c(=O)ccn3nc(-c4c(OC)ncnc4C4CC4)nc23)cc1F. The number of rotatable bonds is 7. The lowest BCUT2D eigenvalue weighted by molar-refractivity contribution is -0.140. The molecule has 0 aliphatic heterocycles. The fourth-order valence-electron chi connectivity index (χ4n) is 4.91. The fraction of sp³-hybridized carbons (Fsp3) is 0.333. The quantitative estimate of drug-likeness (QED) is 0.258. The van der Waals surface area contributed by atoms with Crippen molar-refractivity contribution in [2.24, 2.45) is 0 Å². The van der Waals surface area contributed by atoms with Gasteiger partial charge in [-0.15, -0.1) is 5.10 Å². The number of nitrogens with zero attached hydrogens (tertiary/aromatic N) is 8. The van der Waals surface area contributed by atoms with Crippen LogP contribution in [0.1, 0.15) is 55.6 Å². The van der Waals surface area contributed by atoms with Crippen LogP contribution >= 0.6 is 0 Å². The normalized spacial score (nSPS) is 14.5. The molecule has 1 saturated carbocycles. The summed E-state index contributed by atoms with van der Waals surface area (Å²) >= 11 is 0. The minimum atomic E-state index is -4.66. The molecule has 10 nitrogen and oxygen atoms in total. The smallest absolute Gasteiger partial charge is 0.434 e. The van der Waals surface area contributed by atoms with Crippen LogP contribution < -0.4 is 10.3 Å². The van der Waals surface area contributed by atoms with Crippen LogP contribution in [0.25, 0.3) is 28.6 Å². The summed E-state index contributed by atoms with van der Waals surface area (Å²) in [5, 5.41) is 4.56. The molecule has 0 bridgehead atoms. The molecule has 212 valence electrons. The molecule has 6 rings (SSSR count). The average Bonchev–Trinajstić information content (AvgIpc) is 3.55. The molecule has 1 unspecified atom stereocenters. The summed E-state index contributed by atoms with van der Waals surface area (Å²) in [7, 11) is 1.49. The number of hydrogen-bond acceptors (Lipinski definition) is 7. The topological polar surface area (TPSA) is 105 Å². The Balaban J connectivity index is 1.42. The first-order valence-corrected chi connectivity index (χ1v) is 12.9. The van der Waals surface area contributed by atoms with E-state index in [9.17, 15) is 18.0 Å². The lowest BCUT2D eigenvalue weighted by Gasteiger charge is -2.17. The molecule has 1 aliphatic rings. The average molecular weight is 569 g/mol.